The topological polar surface area (TPSA) is 41.5 Å². The Morgan fingerprint density at radius 1 is 1.33 bits per heavy atom. The van der Waals surface area contributed by atoms with Gasteiger partial charge in [0.05, 0.1) is 5.02 Å². The van der Waals surface area contributed by atoms with Gasteiger partial charge in [0.25, 0.3) is 0 Å². The minimum absolute atomic E-state index is 0.109. The first-order valence-electron chi connectivity index (χ1n) is 6.36. The molecule has 1 atom stereocenters. The third-order valence-electron chi connectivity index (χ3n) is 3.01. The molecule has 1 aliphatic carbocycles. The highest BCUT2D eigenvalue weighted by atomic mass is 35.5. The van der Waals surface area contributed by atoms with Crippen molar-refractivity contribution in [3.63, 3.8) is 0 Å². The van der Waals surface area contributed by atoms with E-state index in [2.05, 4.69) is 5.32 Å². The Kier molecular flexibility index (Phi) is 5.24. The van der Waals surface area contributed by atoms with Gasteiger partial charge in [-0.3, -0.25) is 0 Å². The van der Waals surface area contributed by atoms with Crippen molar-refractivity contribution in [1.29, 1.82) is 0 Å². The van der Waals surface area contributed by atoms with E-state index in [0.717, 1.165) is 12.8 Å². The van der Waals surface area contributed by atoms with Gasteiger partial charge in [-0.2, -0.15) is 13.2 Å². The van der Waals surface area contributed by atoms with Crippen LogP contribution in [0.15, 0.2) is 12.1 Å². The molecule has 0 saturated heterocycles. The minimum atomic E-state index is -4.73. The van der Waals surface area contributed by atoms with Crippen molar-refractivity contribution in [3.8, 4) is 5.75 Å². The molecule has 0 spiro atoms. The van der Waals surface area contributed by atoms with Crippen molar-refractivity contribution in [2.45, 2.75) is 37.7 Å². The van der Waals surface area contributed by atoms with E-state index in [9.17, 15) is 13.2 Å². The number of hydrogen-bond donors (Lipinski definition) is 2. The van der Waals surface area contributed by atoms with Crippen LogP contribution in [0.5, 0.6) is 5.75 Å². The number of halogens is 5. The second-order valence-electron chi connectivity index (χ2n) is 4.90. The van der Waals surface area contributed by atoms with Gasteiger partial charge in [-0.05, 0) is 25.0 Å². The lowest BCUT2D eigenvalue weighted by Crippen LogP contribution is -2.34. The molecule has 8 heteroatoms. The van der Waals surface area contributed by atoms with E-state index in [4.69, 9.17) is 33.0 Å². The Balaban J connectivity index is 2.08. The Morgan fingerprint density at radius 3 is 2.57 bits per heavy atom. The number of aliphatic hydroxyl groups is 1. The van der Waals surface area contributed by atoms with Gasteiger partial charge in [0.1, 0.15) is 12.4 Å². The van der Waals surface area contributed by atoms with Crippen LogP contribution in [0.1, 0.15) is 18.4 Å². The average molecular weight is 344 g/mol. The first kappa shape index (κ1) is 16.7. The second kappa shape index (κ2) is 6.60. The number of aliphatic hydroxyl groups excluding tert-OH is 1. The molecule has 21 heavy (non-hydrogen) atoms. The highest BCUT2D eigenvalue weighted by Gasteiger charge is 2.39. The summed E-state index contributed by atoms with van der Waals surface area (Å²) in [6, 6.07) is 3.38. The summed E-state index contributed by atoms with van der Waals surface area (Å²) >= 11 is 11.9. The van der Waals surface area contributed by atoms with E-state index in [1.807, 2.05) is 0 Å². The lowest BCUT2D eigenvalue weighted by atomic mass is 10.2. The van der Waals surface area contributed by atoms with E-state index in [1.54, 1.807) is 6.07 Å². The molecule has 1 unspecified atom stereocenters. The van der Waals surface area contributed by atoms with Crippen LogP contribution in [-0.4, -0.2) is 30.0 Å². The van der Waals surface area contributed by atoms with Crippen LogP contribution in [0.25, 0.3) is 0 Å². The van der Waals surface area contributed by atoms with E-state index in [0.29, 0.717) is 23.2 Å². The van der Waals surface area contributed by atoms with Crippen molar-refractivity contribution >= 4 is 23.2 Å². The monoisotopic (exact) mass is 343 g/mol. The van der Waals surface area contributed by atoms with Crippen LogP contribution >= 0.6 is 23.2 Å². The molecule has 0 aliphatic heterocycles. The molecule has 0 bridgehead atoms. The summed E-state index contributed by atoms with van der Waals surface area (Å²) in [7, 11) is 0. The summed E-state index contributed by atoms with van der Waals surface area (Å²) in [5.74, 6) is 0.109. The second-order valence-corrected chi connectivity index (χ2v) is 5.74. The predicted octanol–water partition coefficient (Wildman–Crippen LogP) is 3.55. The molecular weight excluding hydrogens is 330 g/mol. The number of nitrogens with one attached hydrogen (secondary N) is 1. The third kappa shape index (κ3) is 4.92. The molecule has 0 heterocycles. The zero-order valence-corrected chi connectivity index (χ0v) is 12.4. The van der Waals surface area contributed by atoms with Crippen LogP contribution in [-0.2, 0) is 6.54 Å². The SMILES string of the molecule is OC(COc1c(Cl)cc(Cl)cc1CNC1CC1)C(F)(F)F. The number of rotatable bonds is 6. The molecule has 118 valence electrons. The summed E-state index contributed by atoms with van der Waals surface area (Å²) in [5.41, 5.74) is 0.564. The molecule has 1 aromatic carbocycles. The van der Waals surface area contributed by atoms with Crippen molar-refractivity contribution in [3.05, 3.63) is 27.7 Å². The maximum Gasteiger partial charge on any atom is 0.417 e. The molecule has 1 aliphatic rings. The Hall–Kier alpha value is -0.690. The molecule has 1 fully saturated rings. The lowest BCUT2D eigenvalue weighted by molar-refractivity contribution is -0.210. The molecule has 1 saturated carbocycles. The molecule has 3 nitrogen and oxygen atoms in total. The van der Waals surface area contributed by atoms with Gasteiger partial charge in [0, 0.05) is 23.2 Å². The quantitative estimate of drug-likeness (QED) is 0.829. The Bertz CT molecular complexity index is 507. The Morgan fingerprint density at radius 2 is 2.00 bits per heavy atom. The smallest absolute Gasteiger partial charge is 0.417 e. The molecule has 1 aromatic rings. The van der Waals surface area contributed by atoms with Crippen molar-refractivity contribution in [2.75, 3.05) is 6.61 Å². The highest BCUT2D eigenvalue weighted by molar-refractivity contribution is 6.35. The van der Waals surface area contributed by atoms with E-state index < -0.39 is 18.9 Å². The molecule has 2 rings (SSSR count). The van der Waals surface area contributed by atoms with Gasteiger partial charge in [-0.15, -0.1) is 0 Å². The molecule has 2 N–H and O–H groups in total. The van der Waals surface area contributed by atoms with Crippen molar-refractivity contribution in [2.24, 2.45) is 0 Å². The van der Waals surface area contributed by atoms with Gasteiger partial charge in [-0.1, -0.05) is 23.2 Å². The summed E-state index contributed by atoms with van der Waals surface area (Å²) in [5, 5.41) is 12.7. The van der Waals surface area contributed by atoms with Crippen LogP contribution in [0.4, 0.5) is 13.2 Å². The minimum Gasteiger partial charge on any atom is -0.489 e. The fraction of sp³-hybridized carbons (Fsp3) is 0.538. The van der Waals surface area contributed by atoms with Crippen molar-refractivity contribution < 1.29 is 23.0 Å². The zero-order chi connectivity index (χ0) is 15.6. The van der Waals surface area contributed by atoms with Gasteiger partial charge < -0.3 is 15.2 Å². The first-order chi connectivity index (χ1) is 9.77. The number of ether oxygens (including phenoxy) is 1. The number of hydrogen-bond acceptors (Lipinski definition) is 3. The third-order valence-corrected chi connectivity index (χ3v) is 3.51. The van der Waals surface area contributed by atoms with Crippen LogP contribution in [0.3, 0.4) is 0 Å². The molecule has 0 aromatic heterocycles. The summed E-state index contributed by atoms with van der Waals surface area (Å²) in [4.78, 5) is 0. The maximum absolute atomic E-state index is 12.3. The first-order valence-corrected chi connectivity index (χ1v) is 7.12. The molecule has 0 amide bonds. The molecular formula is C13H14Cl2F3NO2. The number of benzene rings is 1. The largest absolute Gasteiger partial charge is 0.489 e. The van der Waals surface area contributed by atoms with Crippen molar-refractivity contribution in [1.82, 2.24) is 5.32 Å². The van der Waals surface area contributed by atoms with Gasteiger partial charge in [0.15, 0.2) is 6.10 Å². The van der Waals surface area contributed by atoms with Crippen LogP contribution < -0.4 is 10.1 Å². The standard InChI is InChI=1S/C13H14Cl2F3NO2/c14-8-3-7(5-19-9-1-2-9)12(10(15)4-8)21-6-11(20)13(16,17)18/h3-4,9,11,19-20H,1-2,5-6H2. The highest BCUT2D eigenvalue weighted by Crippen LogP contribution is 2.34. The Labute approximate surface area is 130 Å². The van der Waals surface area contributed by atoms with Gasteiger partial charge in [0.2, 0.25) is 0 Å². The predicted molar refractivity (Wildman–Crippen MR) is 73.9 cm³/mol. The average Bonchev–Trinajstić information content (AvgIpc) is 3.17. The summed E-state index contributed by atoms with van der Waals surface area (Å²) < 4.78 is 41.9. The van der Waals surface area contributed by atoms with Crippen LogP contribution in [0.2, 0.25) is 10.0 Å². The summed E-state index contributed by atoms with van der Waals surface area (Å²) in [6.45, 7) is -0.524. The fourth-order valence-corrected chi connectivity index (χ4v) is 2.30. The van der Waals surface area contributed by atoms with E-state index in [1.165, 1.54) is 6.07 Å². The number of alkyl halides is 3. The maximum atomic E-state index is 12.3. The summed E-state index contributed by atoms with van der Waals surface area (Å²) in [6.07, 6.45) is -5.16. The van der Waals surface area contributed by atoms with E-state index in [-0.39, 0.29) is 10.8 Å². The van der Waals surface area contributed by atoms with E-state index >= 15 is 0 Å². The van der Waals surface area contributed by atoms with Crippen LogP contribution in [0, 0.1) is 0 Å². The normalized spacial score (nSPS) is 16.9. The lowest BCUT2D eigenvalue weighted by Gasteiger charge is -2.18. The molecule has 0 radical (unpaired) electrons. The van der Waals surface area contributed by atoms with Gasteiger partial charge in [-0.25, -0.2) is 0 Å². The zero-order valence-electron chi connectivity index (χ0n) is 10.9. The fourth-order valence-electron chi connectivity index (χ4n) is 1.71. The van der Waals surface area contributed by atoms with Gasteiger partial charge >= 0.3 is 6.18 Å².